The molecule has 1 fully saturated rings. The standard InChI is InChI=1S/C14H16N2S/c1-9-3-4-12(10(2)5-9)14-16-13(8-17-14)11-6-15-7-11/h3-5,8,11,15H,6-7H2,1-2H3. The summed E-state index contributed by atoms with van der Waals surface area (Å²) in [5, 5.41) is 6.66. The van der Waals surface area contributed by atoms with Crippen molar-refractivity contribution in [1.82, 2.24) is 10.3 Å². The van der Waals surface area contributed by atoms with Crippen molar-refractivity contribution in [2.45, 2.75) is 19.8 Å². The fourth-order valence-electron chi connectivity index (χ4n) is 2.15. The van der Waals surface area contributed by atoms with Crippen LogP contribution in [0.25, 0.3) is 10.6 Å². The molecule has 0 amide bonds. The Labute approximate surface area is 106 Å². The van der Waals surface area contributed by atoms with Crippen LogP contribution in [0.5, 0.6) is 0 Å². The molecule has 2 nitrogen and oxygen atoms in total. The molecule has 0 unspecified atom stereocenters. The molecule has 1 aromatic heterocycles. The molecule has 0 spiro atoms. The second kappa shape index (κ2) is 4.24. The Morgan fingerprint density at radius 2 is 2.12 bits per heavy atom. The van der Waals surface area contributed by atoms with Crippen molar-refractivity contribution < 1.29 is 0 Å². The van der Waals surface area contributed by atoms with Gasteiger partial charge in [0.1, 0.15) is 5.01 Å². The number of hydrogen-bond donors (Lipinski definition) is 1. The topological polar surface area (TPSA) is 24.9 Å². The van der Waals surface area contributed by atoms with Crippen LogP contribution in [0.15, 0.2) is 23.6 Å². The van der Waals surface area contributed by atoms with E-state index < -0.39 is 0 Å². The maximum absolute atomic E-state index is 4.77. The summed E-state index contributed by atoms with van der Waals surface area (Å²) in [6, 6.07) is 6.57. The van der Waals surface area contributed by atoms with Crippen LogP contribution < -0.4 is 5.32 Å². The summed E-state index contributed by atoms with van der Waals surface area (Å²) in [4.78, 5) is 4.77. The summed E-state index contributed by atoms with van der Waals surface area (Å²) in [6.07, 6.45) is 0. The minimum Gasteiger partial charge on any atom is -0.315 e. The zero-order chi connectivity index (χ0) is 11.8. The highest BCUT2D eigenvalue weighted by Crippen LogP contribution is 2.30. The Kier molecular flexibility index (Phi) is 2.73. The normalized spacial score (nSPS) is 15.9. The van der Waals surface area contributed by atoms with E-state index in [1.807, 2.05) is 0 Å². The van der Waals surface area contributed by atoms with Gasteiger partial charge in [-0.05, 0) is 19.4 Å². The lowest BCUT2D eigenvalue weighted by molar-refractivity contribution is 0.441. The highest BCUT2D eigenvalue weighted by atomic mass is 32.1. The molecule has 1 N–H and O–H groups in total. The molecule has 0 aliphatic carbocycles. The molecule has 88 valence electrons. The van der Waals surface area contributed by atoms with Gasteiger partial charge in [-0.2, -0.15) is 0 Å². The number of hydrogen-bond acceptors (Lipinski definition) is 3. The van der Waals surface area contributed by atoms with Crippen LogP contribution in [0.3, 0.4) is 0 Å². The summed E-state index contributed by atoms with van der Waals surface area (Å²) in [5.41, 5.74) is 5.16. The average molecular weight is 244 g/mol. The molecule has 2 aromatic rings. The molecule has 3 heteroatoms. The Balaban J connectivity index is 1.94. The van der Waals surface area contributed by atoms with E-state index >= 15 is 0 Å². The van der Waals surface area contributed by atoms with Gasteiger partial charge in [-0.15, -0.1) is 11.3 Å². The highest BCUT2D eigenvalue weighted by molar-refractivity contribution is 7.13. The Morgan fingerprint density at radius 1 is 1.29 bits per heavy atom. The monoisotopic (exact) mass is 244 g/mol. The first-order valence-corrected chi connectivity index (χ1v) is 6.86. The lowest BCUT2D eigenvalue weighted by Crippen LogP contribution is -2.40. The minimum absolute atomic E-state index is 0.630. The molecule has 0 radical (unpaired) electrons. The first kappa shape index (κ1) is 10.9. The molecule has 2 heterocycles. The fraction of sp³-hybridized carbons (Fsp3) is 0.357. The molecule has 0 saturated carbocycles. The first-order chi connectivity index (χ1) is 8.24. The van der Waals surface area contributed by atoms with Crippen molar-refractivity contribution in [2.75, 3.05) is 13.1 Å². The maximum atomic E-state index is 4.77. The first-order valence-electron chi connectivity index (χ1n) is 5.98. The molecule has 17 heavy (non-hydrogen) atoms. The number of aryl methyl sites for hydroxylation is 2. The van der Waals surface area contributed by atoms with E-state index in [1.165, 1.54) is 22.4 Å². The van der Waals surface area contributed by atoms with E-state index in [1.54, 1.807) is 11.3 Å². The van der Waals surface area contributed by atoms with Gasteiger partial charge in [-0.3, -0.25) is 0 Å². The van der Waals surface area contributed by atoms with E-state index in [9.17, 15) is 0 Å². The van der Waals surface area contributed by atoms with Gasteiger partial charge in [0.2, 0.25) is 0 Å². The molecular weight excluding hydrogens is 228 g/mol. The number of nitrogens with one attached hydrogen (secondary N) is 1. The molecule has 0 atom stereocenters. The summed E-state index contributed by atoms with van der Waals surface area (Å²) >= 11 is 1.76. The van der Waals surface area contributed by atoms with Gasteiger partial charge >= 0.3 is 0 Å². The van der Waals surface area contributed by atoms with Gasteiger partial charge in [0.15, 0.2) is 0 Å². The van der Waals surface area contributed by atoms with Crippen LogP contribution in [0, 0.1) is 13.8 Å². The number of rotatable bonds is 2. The van der Waals surface area contributed by atoms with Crippen LogP contribution in [0.4, 0.5) is 0 Å². The maximum Gasteiger partial charge on any atom is 0.123 e. The van der Waals surface area contributed by atoms with Crippen molar-refractivity contribution in [1.29, 1.82) is 0 Å². The third-order valence-electron chi connectivity index (χ3n) is 3.33. The molecule has 1 aliphatic rings. The summed E-state index contributed by atoms with van der Waals surface area (Å²) in [7, 11) is 0. The molecule has 0 bridgehead atoms. The van der Waals surface area contributed by atoms with Gasteiger partial charge in [0, 0.05) is 30.0 Å². The molecule has 1 aliphatic heterocycles. The van der Waals surface area contributed by atoms with E-state index in [4.69, 9.17) is 4.98 Å². The molecular formula is C14H16N2S. The van der Waals surface area contributed by atoms with Crippen LogP contribution in [-0.2, 0) is 0 Å². The third kappa shape index (κ3) is 2.01. The van der Waals surface area contributed by atoms with Crippen molar-refractivity contribution in [3.63, 3.8) is 0 Å². The zero-order valence-corrected chi connectivity index (χ0v) is 11.0. The second-order valence-electron chi connectivity index (χ2n) is 4.75. The molecule has 1 aromatic carbocycles. The lowest BCUT2D eigenvalue weighted by Gasteiger charge is -2.25. The number of thiazole rings is 1. The Bertz CT molecular complexity index is 541. The number of nitrogens with zero attached hydrogens (tertiary/aromatic N) is 1. The van der Waals surface area contributed by atoms with Crippen LogP contribution in [-0.4, -0.2) is 18.1 Å². The largest absolute Gasteiger partial charge is 0.315 e. The average Bonchev–Trinajstić information content (AvgIpc) is 2.64. The Morgan fingerprint density at radius 3 is 2.76 bits per heavy atom. The van der Waals surface area contributed by atoms with E-state index in [-0.39, 0.29) is 0 Å². The Hall–Kier alpha value is -1.19. The summed E-state index contributed by atoms with van der Waals surface area (Å²) in [5.74, 6) is 0.630. The SMILES string of the molecule is Cc1ccc(-c2nc(C3CNC3)cs2)c(C)c1. The van der Waals surface area contributed by atoms with Crippen LogP contribution in [0.1, 0.15) is 22.7 Å². The molecule has 3 rings (SSSR count). The third-order valence-corrected chi connectivity index (χ3v) is 4.23. The fourth-order valence-corrected chi connectivity index (χ4v) is 3.14. The highest BCUT2D eigenvalue weighted by Gasteiger charge is 2.21. The van der Waals surface area contributed by atoms with E-state index in [2.05, 4.69) is 42.7 Å². The van der Waals surface area contributed by atoms with Gasteiger partial charge in [-0.1, -0.05) is 23.8 Å². The summed E-state index contributed by atoms with van der Waals surface area (Å²) < 4.78 is 0. The van der Waals surface area contributed by atoms with Crippen LogP contribution >= 0.6 is 11.3 Å². The quantitative estimate of drug-likeness (QED) is 0.878. The second-order valence-corrected chi connectivity index (χ2v) is 5.61. The van der Waals surface area contributed by atoms with Crippen molar-refractivity contribution in [2.24, 2.45) is 0 Å². The van der Waals surface area contributed by atoms with E-state index in [0.717, 1.165) is 18.1 Å². The van der Waals surface area contributed by atoms with Gasteiger partial charge in [-0.25, -0.2) is 4.98 Å². The van der Waals surface area contributed by atoms with Gasteiger partial charge < -0.3 is 5.32 Å². The van der Waals surface area contributed by atoms with Crippen molar-refractivity contribution in [3.8, 4) is 10.6 Å². The predicted octanol–water partition coefficient (Wildman–Crippen LogP) is 3.11. The van der Waals surface area contributed by atoms with E-state index in [0.29, 0.717) is 5.92 Å². The van der Waals surface area contributed by atoms with Gasteiger partial charge in [0.25, 0.3) is 0 Å². The van der Waals surface area contributed by atoms with Crippen molar-refractivity contribution in [3.05, 3.63) is 40.4 Å². The lowest BCUT2D eigenvalue weighted by atomic mass is 10.0. The zero-order valence-electron chi connectivity index (χ0n) is 10.2. The smallest absolute Gasteiger partial charge is 0.123 e. The minimum atomic E-state index is 0.630. The van der Waals surface area contributed by atoms with Crippen LogP contribution in [0.2, 0.25) is 0 Å². The molecule has 1 saturated heterocycles. The predicted molar refractivity (Wildman–Crippen MR) is 72.6 cm³/mol. The van der Waals surface area contributed by atoms with Gasteiger partial charge in [0.05, 0.1) is 5.69 Å². The van der Waals surface area contributed by atoms with Crippen molar-refractivity contribution >= 4 is 11.3 Å². The number of aromatic nitrogens is 1. The summed E-state index contributed by atoms with van der Waals surface area (Å²) in [6.45, 7) is 6.45. The number of benzene rings is 1.